The lowest BCUT2D eigenvalue weighted by atomic mass is 10.0. The van der Waals surface area contributed by atoms with Gasteiger partial charge in [-0.1, -0.05) is 18.2 Å². The van der Waals surface area contributed by atoms with Gasteiger partial charge in [-0.2, -0.15) is 0 Å². The average Bonchev–Trinajstić information content (AvgIpc) is 3.72. The summed E-state index contributed by atoms with van der Waals surface area (Å²) in [4.78, 5) is 58.4. The molecule has 0 saturated heterocycles. The van der Waals surface area contributed by atoms with Crippen LogP contribution in [0.2, 0.25) is 0 Å². The third-order valence-corrected chi connectivity index (χ3v) is 8.71. The van der Waals surface area contributed by atoms with E-state index in [-0.39, 0.29) is 43.5 Å². The number of nitrogens with one attached hydrogen (secondary N) is 3. The second kappa shape index (κ2) is 16.1. The molecule has 1 atom stereocenters. The molecule has 5 heterocycles. The number of benzene rings is 2. The predicted molar refractivity (Wildman–Crippen MR) is 185 cm³/mol. The Morgan fingerprint density at radius 1 is 1.10 bits per heavy atom. The highest BCUT2D eigenvalue weighted by Crippen LogP contribution is 2.33. The molecule has 0 fully saturated rings. The number of aryl methyl sites for hydroxylation is 2. The maximum atomic E-state index is 13.7. The fraction of sp³-hybridized carbons (Fsp3) is 0.351. The molecule has 50 heavy (non-hydrogen) atoms. The van der Waals surface area contributed by atoms with Crippen LogP contribution in [0, 0.1) is 6.92 Å². The quantitative estimate of drug-likeness (QED) is 0.237. The molecule has 3 aromatic heterocycles. The highest BCUT2D eigenvalue weighted by Gasteiger charge is 2.24. The van der Waals surface area contributed by atoms with E-state index in [9.17, 15) is 14.4 Å². The summed E-state index contributed by atoms with van der Waals surface area (Å²) in [7, 11) is 1.56. The van der Waals surface area contributed by atoms with Crippen LogP contribution in [0.3, 0.4) is 0 Å². The van der Waals surface area contributed by atoms with Crippen molar-refractivity contribution in [2.45, 2.75) is 58.0 Å². The number of amides is 3. The Kier molecular flexibility index (Phi) is 11.0. The van der Waals surface area contributed by atoms with Crippen LogP contribution in [-0.2, 0) is 33.8 Å². The molecular weight excluding hydrogens is 638 g/mol. The molecule has 7 rings (SSSR count). The summed E-state index contributed by atoms with van der Waals surface area (Å²) in [6.45, 7) is 3.05. The Labute approximate surface area is 289 Å². The van der Waals surface area contributed by atoms with Gasteiger partial charge in [0.05, 0.1) is 26.0 Å². The summed E-state index contributed by atoms with van der Waals surface area (Å²) < 4.78 is 17.6. The van der Waals surface area contributed by atoms with E-state index in [1.165, 1.54) is 0 Å². The van der Waals surface area contributed by atoms with Crippen molar-refractivity contribution < 1.29 is 28.3 Å². The summed E-state index contributed by atoms with van der Waals surface area (Å²) in [5.74, 6) is 1.34. The minimum atomic E-state index is -0.846. The zero-order chi connectivity index (χ0) is 34.9. The molecule has 5 aromatic rings. The summed E-state index contributed by atoms with van der Waals surface area (Å²) in [6.07, 6.45) is 8.83. The molecule has 2 aliphatic heterocycles. The van der Waals surface area contributed by atoms with Gasteiger partial charge in [-0.15, -0.1) is 0 Å². The standard InChI is InChI=1S/C37H41N7O6/c1-24-31-23-41-36(47)30(19-26-21-40-29-8-4-3-7-28(26)29)42-34(45)9-5-16-44(35(46)13-11-27-22-38-14-15-39-27)17-6-18-49-32-12-10-25(20-33(32)48-2)37(43-31)50-24/h3-4,7-8,10,12,14-15,20-22,30,40H,5-6,9,11,13,16-19,23H2,1-2H3,(H,41,47)(H,42,45)/t30-/m0/s1. The molecule has 0 unspecified atom stereocenters. The molecule has 13 heteroatoms. The summed E-state index contributed by atoms with van der Waals surface area (Å²) >= 11 is 0. The van der Waals surface area contributed by atoms with Crippen LogP contribution in [0.25, 0.3) is 22.4 Å². The number of H-pyrrole nitrogens is 1. The van der Waals surface area contributed by atoms with Crippen molar-refractivity contribution in [1.82, 2.24) is 35.5 Å². The van der Waals surface area contributed by atoms with Crippen LogP contribution < -0.4 is 20.1 Å². The number of fused-ring (bicyclic) bond motifs is 16. The fourth-order valence-corrected chi connectivity index (χ4v) is 6.01. The Bertz CT molecular complexity index is 1940. The van der Waals surface area contributed by atoms with Crippen LogP contribution in [0.4, 0.5) is 0 Å². The van der Waals surface area contributed by atoms with Gasteiger partial charge in [0.25, 0.3) is 0 Å². The van der Waals surface area contributed by atoms with Crippen LogP contribution in [0.5, 0.6) is 11.5 Å². The van der Waals surface area contributed by atoms with E-state index >= 15 is 0 Å². The fourth-order valence-electron chi connectivity index (χ4n) is 6.01. The minimum absolute atomic E-state index is 0.0478. The van der Waals surface area contributed by atoms with Gasteiger partial charge in [0.1, 0.15) is 17.5 Å². The monoisotopic (exact) mass is 679 g/mol. The number of hydrogen-bond donors (Lipinski definition) is 3. The molecule has 3 N–H and O–H groups in total. The van der Waals surface area contributed by atoms with Gasteiger partial charge in [-0.05, 0) is 56.0 Å². The lowest BCUT2D eigenvalue weighted by molar-refractivity contribution is -0.132. The first-order valence-electron chi connectivity index (χ1n) is 16.8. The van der Waals surface area contributed by atoms with Gasteiger partial charge in [-0.3, -0.25) is 24.4 Å². The van der Waals surface area contributed by atoms with E-state index in [0.29, 0.717) is 73.4 Å². The molecule has 3 amide bonds. The Balaban J connectivity index is 1.23. The number of oxazole rings is 1. The number of methoxy groups -OCH3 is 1. The summed E-state index contributed by atoms with van der Waals surface area (Å²) in [6, 6.07) is 12.4. The molecule has 0 spiro atoms. The first-order valence-corrected chi connectivity index (χ1v) is 16.8. The van der Waals surface area contributed by atoms with Crippen LogP contribution in [0.15, 0.2) is 71.7 Å². The Hall–Kier alpha value is -5.72. The lowest BCUT2D eigenvalue weighted by Crippen LogP contribution is -2.48. The van der Waals surface area contributed by atoms with Crippen molar-refractivity contribution >= 4 is 28.6 Å². The van der Waals surface area contributed by atoms with Gasteiger partial charge < -0.3 is 34.4 Å². The number of carbonyl (C=O) groups is 3. The van der Waals surface area contributed by atoms with E-state index in [2.05, 4.69) is 30.6 Å². The number of nitrogens with zero attached hydrogens (tertiary/aromatic N) is 4. The largest absolute Gasteiger partial charge is 0.493 e. The summed E-state index contributed by atoms with van der Waals surface area (Å²) in [5, 5.41) is 6.89. The average molecular weight is 680 g/mol. The summed E-state index contributed by atoms with van der Waals surface area (Å²) in [5.41, 5.74) is 3.84. The first-order chi connectivity index (χ1) is 24.4. The minimum Gasteiger partial charge on any atom is -0.493 e. The van der Waals surface area contributed by atoms with E-state index < -0.39 is 6.04 Å². The van der Waals surface area contributed by atoms with Gasteiger partial charge in [0.15, 0.2) is 11.5 Å². The number of carbonyl (C=O) groups excluding carboxylic acids is 3. The predicted octanol–water partition coefficient (Wildman–Crippen LogP) is 4.30. The molecular formula is C37H41N7O6. The topological polar surface area (TPSA) is 165 Å². The van der Waals surface area contributed by atoms with Gasteiger partial charge in [0.2, 0.25) is 23.6 Å². The first kappa shape index (κ1) is 34.2. The molecule has 0 saturated carbocycles. The maximum Gasteiger partial charge on any atom is 0.243 e. The number of rotatable bonds is 6. The van der Waals surface area contributed by atoms with Crippen molar-refractivity contribution in [1.29, 1.82) is 0 Å². The van der Waals surface area contributed by atoms with E-state index in [4.69, 9.17) is 13.9 Å². The third kappa shape index (κ3) is 8.46. The van der Waals surface area contributed by atoms with Gasteiger partial charge in [-0.25, -0.2) is 4.98 Å². The van der Waals surface area contributed by atoms with E-state index in [1.807, 2.05) is 36.5 Å². The number of para-hydroxylation sites is 1. The second-order valence-corrected chi connectivity index (χ2v) is 12.2. The number of ether oxygens (including phenoxy) is 2. The van der Waals surface area contributed by atoms with E-state index in [0.717, 1.165) is 22.2 Å². The van der Waals surface area contributed by atoms with Crippen molar-refractivity contribution in [3.05, 3.63) is 90.0 Å². The van der Waals surface area contributed by atoms with Crippen molar-refractivity contribution in [2.24, 2.45) is 0 Å². The van der Waals surface area contributed by atoms with E-state index in [1.54, 1.807) is 49.7 Å². The SMILES string of the molecule is COc1cc2ccc1OCCCN(C(=O)CCc1cnccn1)CCCC(=O)N[C@@H](Cc1c[nH]c3ccccc13)C(=O)NCc1nc-2oc1C. The number of hydrogen-bond acceptors (Lipinski definition) is 9. The molecule has 13 nitrogen and oxygen atoms in total. The van der Waals surface area contributed by atoms with Crippen molar-refractivity contribution in [2.75, 3.05) is 26.8 Å². The molecule has 4 bridgehead atoms. The third-order valence-electron chi connectivity index (χ3n) is 8.71. The zero-order valence-electron chi connectivity index (χ0n) is 28.2. The molecule has 2 aliphatic rings. The smallest absolute Gasteiger partial charge is 0.243 e. The number of aromatic nitrogens is 4. The lowest BCUT2D eigenvalue weighted by Gasteiger charge is -2.23. The van der Waals surface area contributed by atoms with Gasteiger partial charge >= 0.3 is 0 Å². The maximum absolute atomic E-state index is 13.7. The Morgan fingerprint density at radius 3 is 2.80 bits per heavy atom. The van der Waals surface area contributed by atoms with Crippen molar-refractivity contribution in [3.63, 3.8) is 0 Å². The number of aromatic amines is 1. The zero-order valence-corrected chi connectivity index (χ0v) is 28.2. The van der Waals surface area contributed by atoms with Crippen LogP contribution >= 0.6 is 0 Å². The normalized spacial score (nSPS) is 16.3. The van der Waals surface area contributed by atoms with Crippen LogP contribution in [0.1, 0.15) is 48.4 Å². The molecule has 260 valence electrons. The highest BCUT2D eigenvalue weighted by atomic mass is 16.5. The Morgan fingerprint density at radius 2 is 1.96 bits per heavy atom. The highest BCUT2D eigenvalue weighted by molar-refractivity contribution is 5.89. The van der Waals surface area contributed by atoms with Crippen molar-refractivity contribution in [3.8, 4) is 23.0 Å². The molecule has 2 aromatic carbocycles. The van der Waals surface area contributed by atoms with Gasteiger partial charge in [0, 0.05) is 73.6 Å². The molecule has 0 radical (unpaired) electrons. The van der Waals surface area contributed by atoms with Crippen LogP contribution in [-0.4, -0.2) is 75.4 Å². The second-order valence-electron chi connectivity index (χ2n) is 12.2. The molecule has 0 aliphatic carbocycles.